The highest BCUT2D eigenvalue weighted by atomic mass is 31.2. The van der Waals surface area contributed by atoms with Gasteiger partial charge in [0.2, 0.25) is 0 Å². The Morgan fingerprint density at radius 2 is 1.44 bits per heavy atom. The van der Waals surface area contributed by atoms with E-state index in [1.165, 1.54) is 12.8 Å². The molecule has 0 amide bonds. The van der Waals surface area contributed by atoms with E-state index < -0.39 is 50.8 Å². The Kier molecular flexibility index (Phi) is 28.5. The van der Waals surface area contributed by atoms with Crippen molar-refractivity contribution in [3.63, 3.8) is 0 Å². The molecule has 1 rings (SSSR count). The van der Waals surface area contributed by atoms with Gasteiger partial charge < -0.3 is 35.4 Å². The first-order valence-corrected chi connectivity index (χ1v) is 21.6. The van der Waals surface area contributed by atoms with E-state index in [9.17, 15) is 34.4 Å². The zero-order valence-corrected chi connectivity index (χ0v) is 33.0. The molecule has 1 fully saturated rings. The number of aliphatic hydroxyl groups is 3. The minimum atomic E-state index is -4.43. The van der Waals surface area contributed by atoms with Gasteiger partial charge in [0.05, 0.1) is 31.5 Å². The number of unbranched alkanes of at least 4 members (excludes halogenated alkanes) is 12. The van der Waals surface area contributed by atoms with Gasteiger partial charge in [-0.1, -0.05) is 109 Å². The van der Waals surface area contributed by atoms with Gasteiger partial charge in [-0.2, -0.15) is 0 Å². The Labute approximate surface area is 313 Å². The number of phosphoric ester groups is 1. The first-order chi connectivity index (χ1) is 25.0. The second-order valence-electron chi connectivity index (χ2n) is 14.1. The Bertz CT molecular complexity index is 1030. The number of carbonyl (C=O) groups is 2. The minimum absolute atomic E-state index is 0.0180. The number of aliphatic hydroxyl groups excluding tert-OH is 3. The minimum Gasteiger partial charge on any atom is -0.462 e. The number of hydrogen-bond acceptors (Lipinski definition) is 11. The molecule has 1 aliphatic rings. The van der Waals surface area contributed by atoms with E-state index >= 15 is 0 Å². The molecule has 1 aliphatic carbocycles. The van der Waals surface area contributed by atoms with Gasteiger partial charge in [0, 0.05) is 31.7 Å². The second-order valence-corrected chi connectivity index (χ2v) is 15.6. The largest absolute Gasteiger partial charge is 0.472 e. The van der Waals surface area contributed by atoms with Crippen LogP contribution in [0, 0.1) is 11.8 Å². The lowest BCUT2D eigenvalue weighted by atomic mass is 9.88. The van der Waals surface area contributed by atoms with Gasteiger partial charge in [0.1, 0.15) is 6.61 Å². The number of ether oxygens (including phenoxy) is 2. The number of hydrogen-bond donors (Lipinski definition) is 5. The fraction of sp³-hybridized carbons (Fsp3) is 0.846. The summed E-state index contributed by atoms with van der Waals surface area (Å²) in [6.45, 7) is 3.32. The molecular weight excluding hydrogens is 689 g/mol. The zero-order valence-electron chi connectivity index (χ0n) is 32.1. The lowest BCUT2D eigenvalue weighted by molar-refractivity contribution is -0.161. The maximum Gasteiger partial charge on any atom is 0.472 e. The van der Waals surface area contributed by atoms with Gasteiger partial charge in [0.15, 0.2) is 6.10 Å². The summed E-state index contributed by atoms with van der Waals surface area (Å²) in [5.41, 5.74) is 5.33. The van der Waals surface area contributed by atoms with E-state index in [1.807, 2.05) is 6.08 Å². The third-order valence-corrected chi connectivity index (χ3v) is 10.4. The Morgan fingerprint density at radius 1 is 0.808 bits per heavy atom. The third-order valence-electron chi connectivity index (χ3n) is 9.41. The number of allylic oxidation sites excluding steroid dienone is 2. The van der Waals surface area contributed by atoms with Crippen LogP contribution in [-0.2, 0) is 32.7 Å². The molecule has 304 valence electrons. The summed E-state index contributed by atoms with van der Waals surface area (Å²) in [4.78, 5) is 34.9. The third kappa shape index (κ3) is 24.6. The number of carbonyl (C=O) groups excluding carboxylic acids is 2. The van der Waals surface area contributed by atoms with Crippen LogP contribution in [0.15, 0.2) is 24.3 Å². The number of phosphoric acid groups is 1. The summed E-state index contributed by atoms with van der Waals surface area (Å²) in [6, 6.07) is 0. The molecule has 0 heterocycles. The second kappa shape index (κ2) is 30.7. The van der Waals surface area contributed by atoms with Crippen molar-refractivity contribution in [2.24, 2.45) is 17.6 Å². The average molecular weight is 762 g/mol. The molecule has 1 unspecified atom stereocenters. The summed E-state index contributed by atoms with van der Waals surface area (Å²) in [7, 11) is -4.43. The van der Waals surface area contributed by atoms with Gasteiger partial charge in [0.25, 0.3) is 0 Å². The maximum atomic E-state index is 12.7. The van der Waals surface area contributed by atoms with E-state index in [-0.39, 0.29) is 44.4 Å². The highest BCUT2D eigenvalue weighted by Crippen LogP contribution is 2.43. The van der Waals surface area contributed by atoms with Crippen molar-refractivity contribution in [3.05, 3.63) is 24.3 Å². The van der Waals surface area contributed by atoms with E-state index in [0.717, 1.165) is 83.5 Å². The molecule has 12 nitrogen and oxygen atoms in total. The number of rotatable bonds is 33. The van der Waals surface area contributed by atoms with Crippen molar-refractivity contribution in [3.8, 4) is 0 Å². The summed E-state index contributed by atoms with van der Waals surface area (Å²) in [6.07, 6.45) is 22.8. The first kappa shape index (κ1) is 48.4. The molecule has 0 aromatic rings. The summed E-state index contributed by atoms with van der Waals surface area (Å²) >= 11 is 0. The van der Waals surface area contributed by atoms with E-state index in [2.05, 4.69) is 26.0 Å². The van der Waals surface area contributed by atoms with Crippen LogP contribution in [0.1, 0.15) is 149 Å². The fourth-order valence-corrected chi connectivity index (χ4v) is 7.12. The molecule has 0 spiro atoms. The Balaban J connectivity index is 2.44. The van der Waals surface area contributed by atoms with Crippen molar-refractivity contribution in [2.75, 3.05) is 26.4 Å². The highest BCUT2D eigenvalue weighted by Gasteiger charge is 2.39. The molecule has 6 N–H and O–H groups in total. The zero-order chi connectivity index (χ0) is 38.5. The molecule has 0 aliphatic heterocycles. The van der Waals surface area contributed by atoms with Crippen molar-refractivity contribution in [2.45, 2.75) is 173 Å². The highest BCUT2D eigenvalue weighted by molar-refractivity contribution is 7.47. The van der Waals surface area contributed by atoms with Crippen LogP contribution >= 0.6 is 7.82 Å². The topological polar surface area (TPSA) is 195 Å². The summed E-state index contributed by atoms with van der Waals surface area (Å²) < 4.78 is 32.7. The fourth-order valence-electron chi connectivity index (χ4n) is 6.36. The molecule has 0 radical (unpaired) electrons. The molecule has 0 saturated heterocycles. The van der Waals surface area contributed by atoms with Gasteiger partial charge >= 0.3 is 19.8 Å². The standard InChI is InChI=1S/C39H72NO11P/c1-3-5-7-8-9-10-11-12-13-14-19-23-38(44)48-30-33(31-50-52(46,47)49-28-27-40)51-39(45)24-20-16-15-18-22-34-35(37(43)29-36(34)42)26-25-32(41)21-17-6-4-2/h8-9,25-26,32-37,41-43H,3-7,10-24,27-31,40H2,1-2H3,(H,46,47)/b9-8-,26-25+/t32-,33+,34+,35+,36-,37+/m0/s1. The SMILES string of the molecule is CCCC/C=C\CCCCCCCC(=O)OC[C@H](COP(=O)(O)OCCN)OC(=O)CCCCCC[C@@H]1[C@@H](/C=C/[C@@H](O)CCCCC)[C@H](O)C[C@@H]1O. The molecule has 0 aromatic heterocycles. The van der Waals surface area contributed by atoms with Gasteiger partial charge in [-0.3, -0.25) is 18.6 Å². The van der Waals surface area contributed by atoms with Crippen LogP contribution in [0.2, 0.25) is 0 Å². The van der Waals surface area contributed by atoms with Crippen LogP contribution in [0.3, 0.4) is 0 Å². The molecule has 0 bridgehead atoms. The van der Waals surface area contributed by atoms with Gasteiger partial charge in [-0.25, -0.2) is 4.57 Å². The first-order valence-electron chi connectivity index (χ1n) is 20.1. The van der Waals surface area contributed by atoms with Crippen LogP contribution in [0.25, 0.3) is 0 Å². The molecule has 0 aromatic carbocycles. The summed E-state index contributed by atoms with van der Waals surface area (Å²) in [5, 5.41) is 31.3. The maximum absolute atomic E-state index is 12.7. The van der Waals surface area contributed by atoms with Crippen molar-refractivity contribution in [1.29, 1.82) is 0 Å². The van der Waals surface area contributed by atoms with Crippen molar-refractivity contribution >= 4 is 19.8 Å². The number of nitrogens with two attached hydrogens (primary N) is 1. The Morgan fingerprint density at radius 3 is 2.13 bits per heavy atom. The molecular formula is C39H72NO11P. The van der Waals surface area contributed by atoms with E-state index in [0.29, 0.717) is 25.7 Å². The van der Waals surface area contributed by atoms with E-state index in [1.54, 1.807) is 6.08 Å². The van der Waals surface area contributed by atoms with E-state index in [4.69, 9.17) is 24.3 Å². The quantitative estimate of drug-likeness (QED) is 0.0196. The normalized spacial score (nSPS) is 21.4. The lowest BCUT2D eigenvalue weighted by Crippen LogP contribution is -2.29. The predicted octanol–water partition coefficient (Wildman–Crippen LogP) is 7.21. The van der Waals surface area contributed by atoms with Crippen LogP contribution in [-0.4, -0.2) is 82.9 Å². The molecule has 1 saturated carbocycles. The molecule has 52 heavy (non-hydrogen) atoms. The van der Waals surface area contributed by atoms with Crippen LogP contribution in [0.4, 0.5) is 0 Å². The smallest absolute Gasteiger partial charge is 0.462 e. The average Bonchev–Trinajstić information content (AvgIpc) is 3.38. The monoisotopic (exact) mass is 761 g/mol. The van der Waals surface area contributed by atoms with Gasteiger partial charge in [-0.05, 0) is 50.9 Å². The molecule has 7 atom stereocenters. The van der Waals surface area contributed by atoms with Crippen molar-refractivity contribution in [1.82, 2.24) is 0 Å². The van der Waals surface area contributed by atoms with Gasteiger partial charge in [-0.15, -0.1) is 0 Å². The number of esters is 2. The molecule has 13 heteroatoms. The lowest BCUT2D eigenvalue weighted by Gasteiger charge is -2.21. The van der Waals surface area contributed by atoms with Crippen LogP contribution < -0.4 is 5.73 Å². The van der Waals surface area contributed by atoms with Crippen LogP contribution in [0.5, 0.6) is 0 Å². The Hall–Kier alpha value is -1.63. The predicted molar refractivity (Wildman–Crippen MR) is 203 cm³/mol. The van der Waals surface area contributed by atoms with Crippen molar-refractivity contribution < 1.29 is 52.9 Å². The summed E-state index contributed by atoms with van der Waals surface area (Å²) in [5.74, 6) is -1.28.